The van der Waals surface area contributed by atoms with E-state index in [0.717, 1.165) is 41.4 Å². The van der Waals surface area contributed by atoms with Gasteiger partial charge in [-0.2, -0.15) is 0 Å². The number of aryl methyl sites for hydroxylation is 1. The predicted molar refractivity (Wildman–Crippen MR) is 95.3 cm³/mol. The number of allylic oxidation sites excluding steroid dienone is 1. The predicted octanol–water partition coefficient (Wildman–Crippen LogP) is 2.85. The number of hydrogen-bond acceptors (Lipinski definition) is 4. The van der Waals surface area contributed by atoms with Crippen LogP contribution in [-0.4, -0.2) is 22.7 Å². The topological polar surface area (TPSA) is 49.4 Å². The Hall–Kier alpha value is -2.10. The summed E-state index contributed by atoms with van der Waals surface area (Å²) in [5.74, 6) is 0. The van der Waals surface area contributed by atoms with Crippen molar-refractivity contribution in [2.45, 2.75) is 63.7 Å². The van der Waals surface area contributed by atoms with Crippen LogP contribution in [0.3, 0.4) is 0 Å². The summed E-state index contributed by atoms with van der Waals surface area (Å²) >= 11 is 0. The molecule has 2 spiro atoms. The van der Waals surface area contributed by atoms with Crippen LogP contribution in [0.2, 0.25) is 0 Å². The van der Waals surface area contributed by atoms with Crippen LogP contribution < -0.4 is 10.7 Å². The number of hydrogen-bond donors (Lipinski definition) is 0. The average molecular weight is 318 g/mol. The van der Waals surface area contributed by atoms with Crippen molar-refractivity contribution in [1.29, 1.82) is 0 Å². The molecule has 2 aliphatic carbocycles. The highest BCUT2D eigenvalue weighted by Crippen LogP contribution is 2.42. The van der Waals surface area contributed by atoms with Crippen molar-refractivity contribution >= 4 is 11.4 Å². The van der Waals surface area contributed by atoms with E-state index in [1.165, 1.54) is 30.4 Å². The number of benzene rings is 1. The van der Waals surface area contributed by atoms with E-state index in [4.69, 9.17) is 20.0 Å². The molecular formula is C20H22N4. The lowest BCUT2D eigenvalue weighted by Gasteiger charge is -2.29. The van der Waals surface area contributed by atoms with E-state index in [0.29, 0.717) is 0 Å². The van der Waals surface area contributed by atoms with Gasteiger partial charge in [0, 0.05) is 6.42 Å². The largest absolute Gasteiger partial charge is 0.258 e. The van der Waals surface area contributed by atoms with Crippen LogP contribution in [0.25, 0.3) is 0 Å². The summed E-state index contributed by atoms with van der Waals surface area (Å²) < 4.78 is 0. The van der Waals surface area contributed by atoms with Crippen molar-refractivity contribution in [3.05, 3.63) is 46.1 Å². The molecule has 0 amide bonds. The van der Waals surface area contributed by atoms with E-state index in [2.05, 4.69) is 38.1 Å². The molecular weight excluding hydrogens is 296 g/mol. The zero-order valence-corrected chi connectivity index (χ0v) is 14.3. The van der Waals surface area contributed by atoms with Crippen molar-refractivity contribution in [3.63, 3.8) is 0 Å². The highest BCUT2D eigenvalue weighted by atomic mass is 15.2. The lowest BCUT2D eigenvalue weighted by molar-refractivity contribution is 0.315. The molecule has 0 radical (unpaired) electrons. The number of rotatable bonds is 0. The van der Waals surface area contributed by atoms with E-state index in [1.807, 2.05) is 0 Å². The van der Waals surface area contributed by atoms with E-state index in [9.17, 15) is 0 Å². The molecule has 0 bridgehead atoms. The second kappa shape index (κ2) is 4.71. The van der Waals surface area contributed by atoms with Crippen molar-refractivity contribution in [3.8, 4) is 0 Å². The van der Waals surface area contributed by atoms with Crippen LogP contribution >= 0.6 is 0 Å². The molecule has 0 aromatic heterocycles. The molecule has 1 aromatic carbocycles. The molecule has 0 N–H and O–H groups in total. The normalized spacial score (nSPS) is 29.3. The molecule has 1 fully saturated rings. The van der Waals surface area contributed by atoms with Gasteiger partial charge in [0.1, 0.15) is 5.71 Å². The maximum atomic E-state index is 5.18. The van der Waals surface area contributed by atoms with Crippen molar-refractivity contribution in [1.82, 2.24) is 0 Å². The van der Waals surface area contributed by atoms with Gasteiger partial charge in [0.25, 0.3) is 0 Å². The van der Waals surface area contributed by atoms with E-state index < -0.39 is 5.66 Å². The first kappa shape index (κ1) is 14.3. The van der Waals surface area contributed by atoms with Gasteiger partial charge in [0.15, 0.2) is 5.66 Å². The van der Waals surface area contributed by atoms with Crippen LogP contribution in [-0.2, 0) is 0 Å². The maximum Gasteiger partial charge on any atom is 0.216 e. The van der Waals surface area contributed by atoms with Gasteiger partial charge in [0.2, 0.25) is 5.66 Å². The fourth-order valence-electron chi connectivity index (χ4n) is 4.42. The second-order valence-corrected chi connectivity index (χ2v) is 7.54. The standard InChI is InChI=1S/C20H22N4/c1-13-6-8-15-17(12-13)23-20(22-15)14(2)7-9-16-18(20)24-19(21-16)10-4-3-5-11-19/h6-8,12H,3-5,9-11H2,1-2H3. The second-order valence-electron chi connectivity index (χ2n) is 7.54. The molecule has 122 valence electrons. The molecule has 4 nitrogen and oxygen atoms in total. The Bertz CT molecular complexity index is 944. The molecule has 1 atom stereocenters. The van der Waals surface area contributed by atoms with Gasteiger partial charge < -0.3 is 0 Å². The van der Waals surface area contributed by atoms with E-state index in [-0.39, 0.29) is 5.66 Å². The summed E-state index contributed by atoms with van der Waals surface area (Å²) in [5, 5.41) is 1.96. The zero-order chi connectivity index (χ0) is 16.4. The van der Waals surface area contributed by atoms with Gasteiger partial charge in [-0.25, -0.2) is 9.98 Å². The quantitative estimate of drug-likeness (QED) is 0.661. The molecule has 1 unspecified atom stereocenters. The van der Waals surface area contributed by atoms with E-state index >= 15 is 0 Å². The van der Waals surface area contributed by atoms with Crippen molar-refractivity contribution in [2.75, 3.05) is 0 Å². The molecule has 2 aliphatic heterocycles. The van der Waals surface area contributed by atoms with Crippen LogP contribution in [0, 0.1) is 6.92 Å². The van der Waals surface area contributed by atoms with Gasteiger partial charge >= 0.3 is 0 Å². The molecule has 4 aliphatic rings. The van der Waals surface area contributed by atoms with Crippen LogP contribution in [0.4, 0.5) is 0 Å². The number of fused-ring (bicyclic) bond motifs is 3. The smallest absolute Gasteiger partial charge is 0.216 e. The molecule has 4 heteroatoms. The van der Waals surface area contributed by atoms with Gasteiger partial charge in [0.05, 0.1) is 16.4 Å². The SMILES string of the molecule is CC1=CCC2=NC3(CCCCC3)N=C2C12N=c1ccc(C)cc1=N2. The van der Waals surface area contributed by atoms with Gasteiger partial charge in [-0.15, -0.1) is 0 Å². The monoisotopic (exact) mass is 318 g/mol. The summed E-state index contributed by atoms with van der Waals surface area (Å²) in [5.41, 5.74) is 3.64. The third-order valence-corrected chi connectivity index (χ3v) is 5.77. The molecule has 5 rings (SSSR count). The lowest BCUT2D eigenvalue weighted by Crippen LogP contribution is -2.42. The minimum absolute atomic E-state index is 0.218. The molecule has 1 saturated carbocycles. The Morgan fingerprint density at radius 3 is 2.50 bits per heavy atom. The number of nitrogens with zero attached hydrogens (tertiary/aromatic N) is 4. The minimum Gasteiger partial charge on any atom is -0.258 e. The first-order valence-corrected chi connectivity index (χ1v) is 9.03. The van der Waals surface area contributed by atoms with Crippen LogP contribution in [0.15, 0.2) is 49.8 Å². The zero-order valence-electron chi connectivity index (χ0n) is 14.3. The minimum atomic E-state index is -0.659. The average Bonchev–Trinajstić information content (AvgIpc) is 3.12. The van der Waals surface area contributed by atoms with Crippen molar-refractivity contribution in [2.24, 2.45) is 20.0 Å². The van der Waals surface area contributed by atoms with Crippen molar-refractivity contribution < 1.29 is 0 Å². The van der Waals surface area contributed by atoms with Crippen LogP contribution in [0.1, 0.15) is 51.0 Å². The van der Waals surface area contributed by atoms with Crippen LogP contribution in [0.5, 0.6) is 0 Å². The lowest BCUT2D eigenvalue weighted by atomic mass is 9.86. The fraction of sp³-hybridized carbons (Fsp3) is 0.500. The van der Waals surface area contributed by atoms with Gasteiger partial charge in [-0.1, -0.05) is 18.6 Å². The maximum absolute atomic E-state index is 5.18. The summed E-state index contributed by atoms with van der Waals surface area (Å²) in [6, 6.07) is 6.30. The third-order valence-electron chi connectivity index (χ3n) is 5.77. The number of aliphatic imine (C=N–C) groups is 2. The molecule has 2 heterocycles. The fourth-order valence-corrected chi connectivity index (χ4v) is 4.42. The summed E-state index contributed by atoms with van der Waals surface area (Å²) in [4.78, 5) is 20.4. The van der Waals surface area contributed by atoms with E-state index in [1.54, 1.807) is 0 Å². The molecule has 24 heavy (non-hydrogen) atoms. The summed E-state index contributed by atoms with van der Waals surface area (Å²) in [7, 11) is 0. The Balaban J connectivity index is 1.71. The van der Waals surface area contributed by atoms with Gasteiger partial charge in [-0.05, 0) is 62.8 Å². The summed E-state index contributed by atoms with van der Waals surface area (Å²) in [6.07, 6.45) is 9.00. The Morgan fingerprint density at radius 1 is 0.875 bits per heavy atom. The Kier molecular flexibility index (Phi) is 2.80. The molecule has 0 saturated heterocycles. The molecule has 1 aromatic rings. The Labute approximate surface area is 141 Å². The first-order valence-electron chi connectivity index (χ1n) is 9.03. The third kappa shape index (κ3) is 1.86. The highest BCUT2D eigenvalue weighted by molar-refractivity contribution is 6.48. The highest BCUT2D eigenvalue weighted by Gasteiger charge is 2.49. The summed E-state index contributed by atoms with van der Waals surface area (Å²) in [6.45, 7) is 4.23. The Morgan fingerprint density at radius 2 is 1.67 bits per heavy atom. The first-order chi connectivity index (χ1) is 11.6. The van der Waals surface area contributed by atoms with Gasteiger partial charge in [-0.3, -0.25) is 9.98 Å².